The van der Waals surface area contributed by atoms with E-state index < -0.39 is 0 Å². The smallest absolute Gasteiger partial charge is 0.201 e. The number of hydrogen-bond donors (Lipinski definition) is 3. The predicted molar refractivity (Wildman–Crippen MR) is 137 cm³/mol. The van der Waals surface area contributed by atoms with Crippen LogP contribution in [0.5, 0.6) is 11.8 Å². The molecule has 0 atom stereocenters. The van der Waals surface area contributed by atoms with Crippen molar-refractivity contribution in [1.82, 2.24) is 14.3 Å². The Hall–Kier alpha value is -5.04. The number of para-hydroxylation sites is 2. The largest absolute Gasteiger partial charge is 0.494 e. The van der Waals surface area contributed by atoms with Gasteiger partial charge in [0, 0.05) is 34.3 Å². The van der Waals surface area contributed by atoms with Gasteiger partial charge in [-0.25, -0.2) is 9.35 Å². The van der Waals surface area contributed by atoms with Gasteiger partial charge in [-0.2, -0.15) is 10.2 Å². The molecule has 0 bridgehead atoms. The molecular weight excluding hydrogens is 438 g/mol. The van der Waals surface area contributed by atoms with Gasteiger partial charge in [0.05, 0.1) is 22.2 Å². The van der Waals surface area contributed by atoms with Gasteiger partial charge < -0.3 is 10.2 Å². The van der Waals surface area contributed by atoms with Crippen molar-refractivity contribution in [3.63, 3.8) is 0 Å². The molecule has 0 amide bonds. The molecule has 0 aliphatic heterocycles. The molecule has 0 radical (unpaired) electrons. The van der Waals surface area contributed by atoms with Gasteiger partial charge in [-0.3, -0.25) is 4.98 Å². The number of aromatic amines is 1. The van der Waals surface area contributed by atoms with Crippen LogP contribution in [0.3, 0.4) is 0 Å². The quantitative estimate of drug-likeness (QED) is 0.331. The van der Waals surface area contributed by atoms with Crippen LogP contribution in [0.1, 0.15) is 22.3 Å². The Morgan fingerprint density at radius 3 is 1.46 bits per heavy atom. The highest BCUT2D eigenvalue weighted by Crippen LogP contribution is 2.39. The van der Waals surface area contributed by atoms with E-state index in [0.717, 1.165) is 32.9 Å². The van der Waals surface area contributed by atoms with E-state index in [2.05, 4.69) is 4.98 Å². The van der Waals surface area contributed by atoms with Gasteiger partial charge >= 0.3 is 0 Å². The second-order valence-corrected chi connectivity index (χ2v) is 8.45. The third-order valence-electron chi connectivity index (χ3n) is 6.44. The summed E-state index contributed by atoms with van der Waals surface area (Å²) < 4.78 is 3.58. The summed E-state index contributed by atoms with van der Waals surface area (Å²) >= 11 is 0. The first-order chi connectivity index (χ1) is 17.2. The minimum atomic E-state index is -0.160. The number of fused-ring (bicyclic) bond motifs is 4. The van der Waals surface area contributed by atoms with Crippen LogP contribution in [-0.2, 0) is 0 Å². The van der Waals surface area contributed by atoms with E-state index in [-0.39, 0.29) is 11.8 Å². The summed E-state index contributed by atoms with van der Waals surface area (Å²) in [5, 5.41) is 33.7. The standard InChI is InChI=1S/C28H19N5O2/c34-27-23-24(28(35)29-27)26(31-33-16-14-18-8-2-6-12-22(18)33)20-10-4-3-9-19(20)25(23)30-32-15-13-17-7-1-5-11-21(17)32/h1-16,29,34-35H. The molecule has 0 spiro atoms. The SMILES string of the molecule is Oc1[nH]c(O)c2c1C(=Nn1ccc3ccccc31)c1ccccc1C2=Nn1ccc2ccccc21. The fourth-order valence-corrected chi connectivity index (χ4v) is 4.83. The number of aromatic nitrogens is 3. The lowest BCUT2D eigenvalue weighted by atomic mass is 9.85. The maximum Gasteiger partial charge on any atom is 0.201 e. The lowest BCUT2D eigenvalue weighted by molar-refractivity contribution is 0.424. The minimum absolute atomic E-state index is 0.160. The van der Waals surface area contributed by atoms with Gasteiger partial charge in [-0.15, -0.1) is 0 Å². The van der Waals surface area contributed by atoms with Crippen LogP contribution < -0.4 is 0 Å². The van der Waals surface area contributed by atoms with Gasteiger partial charge in [0.2, 0.25) is 11.8 Å². The number of benzene rings is 3. The average Bonchev–Trinajstić information content (AvgIpc) is 3.57. The number of H-pyrrole nitrogens is 1. The Morgan fingerprint density at radius 2 is 0.971 bits per heavy atom. The van der Waals surface area contributed by atoms with E-state index in [1.54, 1.807) is 9.35 Å². The molecule has 35 heavy (non-hydrogen) atoms. The van der Waals surface area contributed by atoms with Crippen LogP contribution in [-0.4, -0.2) is 36.0 Å². The summed E-state index contributed by atoms with van der Waals surface area (Å²) in [4.78, 5) is 2.68. The van der Waals surface area contributed by atoms with Crippen molar-refractivity contribution in [2.45, 2.75) is 0 Å². The molecule has 0 unspecified atom stereocenters. The van der Waals surface area contributed by atoms with Crippen LogP contribution in [0.25, 0.3) is 21.8 Å². The molecule has 0 saturated heterocycles. The topological polar surface area (TPSA) is 90.8 Å². The Kier molecular flexibility index (Phi) is 4.01. The van der Waals surface area contributed by atoms with Crippen molar-refractivity contribution in [1.29, 1.82) is 0 Å². The van der Waals surface area contributed by atoms with Crippen molar-refractivity contribution >= 4 is 33.2 Å². The van der Waals surface area contributed by atoms with E-state index in [1.165, 1.54) is 0 Å². The van der Waals surface area contributed by atoms with Gasteiger partial charge in [-0.1, -0.05) is 60.7 Å². The third-order valence-corrected chi connectivity index (χ3v) is 6.44. The fraction of sp³-hybridized carbons (Fsp3) is 0. The van der Waals surface area contributed by atoms with Gasteiger partial charge in [0.1, 0.15) is 11.4 Å². The second kappa shape index (κ2) is 7.23. The molecule has 6 aromatic rings. The summed E-state index contributed by atoms with van der Waals surface area (Å²) in [5.74, 6) is -0.320. The van der Waals surface area contributed by atoms with E-state index in [0.29, 0.717) is 22.6 Å². The van der Waals surface area contributed by atoms with Crippen molar-refractivity contribution in [3.8, 4) is 11.8 Å². The highest BCUT2D eigenvalue weighted by molar-refractivity contribution is 6.33. The van der Waals surface area contributed by atoms with Crippen molar-refractivity contribution in [2.24, 2.45) is 10.2 Å². The van der Waals surface area contributed by atoms with E-state index in [9.17, 15) is 10.2 Å². The Morgan fingerprint density at radius 1 is 0.543 bits per heavy atom. The monoisotopic (exact) mass is 457 g/mol. The molecule has 3 aromatic carbocycles. The number of nitrogens with one attached hydrogen (secondary N) is 1. The minimum Gasteiger partial charge on any atom is -0.494 e. The Labute approximate surface area is 199 Å². The molecule has 3 aromatic heterocycles. The maximum absolute atomic E-state index is 10.9. The van der Waals surface area contributed by atoms with E-state index >= 15 is 0 Å². The number of nitrogens with zero attached hydrogens (tertiary/aromatic N) is 4. The van der Waals surface area contributed by atoms with Crippen LogP contribution in [0.4, 0.5) is 0 Å². The molecule has 3 N–H and O–H groups in total. The zero-order valence-corrected chi connectivity index (χ0v) is 18.4. The Balaban J connectivity index is 1.52. The molecule has 0 saturated carbocycles. The number of aromatic hydroxyl groups is 2. The van der Waals surface area contributed by atoms with Crippen molar-refractivity contribution in [2.75, 3.05) is 0 Å². The van der Waals surface area contributed by atoms with Crippen molar-refractivity contribution < 1.29 is 10.2 Å². The van der Waals surface area contributed by atoms with Crippen LogP contribution in [0, 0.1) is 0 Å². The molecule has 3 heterocycles. The predicted octanol–water partition coefficient (Wildman–Crippen LogP) is 5.25. The van der Waals surface area contributed by atoms with Crippen LogP contribution >= 0.6 is 0 Å². The highest BCUT2D eigenvalue weighted by Gasteiger charge is 2.34. The molecule has 7 nitrogen and oxygen atoms in total. The summed E-state index contributed by atoms with van der Waals surface area (Å²) in [6, 6.07) is 27.7. The zero-order valence-electron chi connectivity index (χ0n) is 18.4. The third kappa shape index (κ3) is 2.85. The first-order valence-electron chi connectivity index (χ1n) is 11.2. The number of rotatable bonds is 2. The summed E-state index contributed by atoms with van der Waals surface area (Å²) in [7, 11) is 0. The van der Waals surface area contributed by atoms with Crippen molar-refractivity contribution in [3.05, 3.63) is 120 Å². The van der Waals surface area contributed by atoms with E-state index in [4.69, 9.17) is 10.2 Å². The molecule has 7 rings (SSSR count). The normalized spacial score (nSPS) is 15.2. The molecule has 168 valence electrons. The first kappa shape index (κ1) is 19.4. The highest BCUT2D eigenvalue weighted by atomic mass is 16.3. The fourth-order valence-electron chi connectivity index (χ4n) is 4.83. The van der Waals surface area contributed by atoms with Gasteiger partial charge in [0.15, 0.2) is 0 Å². The molecule has 1 aliphatic rings. The van der Waals surface area contributed by atoms with Gasteiger partial charge in [0.25, 0.3) is 0 Å². The lowest BCUT2D eigenvalue weighted by Crippen LogP contribution is -2.22. The zero-order chi connectivity index (χ0) is 23.5. The van der Waals surface area contributed by atoms with E-state index in [1.807, 2.05) is 97.3 Å². The Bertz CT molecular complexity index is 1700. The van der Waals surface area contributed by atoms with Crippen LogP contribution in [0.2, 0.25) is 0 Å². The summed E-state index contributed by atoms with van der Waals surface area (Å²) in [6.07, 6.45) is 3.78. The number of hydrogen-bond acceptors (Lipinski definition) is 4. The average molecular weight is 457 g/mol. The molecule has 7 heteroatoms. The lowest BCUT2D eigenvalue weighted by Gasteiger charge is -2.21. The molecule has 0 fully saturated rings. The van der Waals surface area contributed by atoms with Gasteiger partial charge in [-0.05, 0) is 24.3 Å². The molecular formula is C28H19N5O2. The van der Waals surface area contributed by atoms with Crippen LogP contribution in [0.15, 0.2) is 108 Å². The second-order valence-electron chi connectivity index (χ2n) is 8.45. The first-order valence-corrected chi connectivity index (χ1v) is 11.2. The molecule has 1 aliphatic carbocycles. The summed E-state index contributed by atoms with van der Waals surface area (Å²) in [5.41, 5.74) is 5.41. The summed E-state index contributed by atoms with van der Waals surface area (Å²) in [6.45, 7) is 0. The maximum atomic E-state index is 10.9.